The van der Waals surface area contributed by atoms with E-state index >= 15 is 0 Å². The van der Waals surface area contributed by atoms with Crippen LogP contribution < -0.4 is 11.1 Å². The Morgan fingerprint density at radius 2 is 1.95 bits per heavy atom. The van der Waals surface area contributed by atoms with Crippen molar-refractivity contribution < 1.29 is 8.78 Å². The van der Waals surface area contributed by atoms with E-state index in [1.165, 1.54) is 25.0 Å². The molecule has 0 aliphatic heterocycles. The van der Waals surface area contributed by atoms with Gasteiger partial charge in [0.15, 0.2) is 5.82 Å². The molecule has 22 heavy (non-hydrogen) atoms. The van der Waals surface area contributed by atoms with Crippen LogP contribution in [0.5, 0.6) is 0 Å². The Balaban J connectivity index is 1.89. The van der Waals surface area contributed by atoms with E-state index in [0.717, 1.165) is 0 Å². The molecule has 1 aliphatic rings. The van der Waals surface area contributed by atoms with Crippen LogP contribution in [0, 0.1) is 5.92 Å². The van der Waals surface area contributed by atoms with E-state index in [-0.39, 0.29) is 29.2 Å². The summed E-state index contributed by atoms with van der Waals surface area (Å²) in [5.41, 5.74) is 5.61. The Morgan fingerprint density at radius 1 is 1.18 bits per heavy atom. The average molecular weight is 306 g/mol. The summed E-state index contributed by atoms with van der Waals surface area (Å²) in [5, 5.41) is 3.17. The largest absolute Gasteiger partial charge is 0.368 e. The third-order valence-electron chi connectivity index (χ3n) is 3.56. The minimum absolute atomic E-state index is 0.0275. The van der Waals surface area contributed by atoms with Gasteiger partial charge >= 0.3 is 0 Å². The van der Waals surface area contributed by atoms with Crippen molar-refractivity contribution in [2.24, 2.45) is 5.92 Å². The van der Waals surface area contributed by atoms with Crippen molar-refractivity contribution in [2.45, 2.75) is 32.2 Å². The van der Waals surface area contributed by atoms with Crippen LogP contribution in [0.25, 0.3) is 11.5 Å². The highest BCUT2D eigenvalue weighted by atomic mass is 19.3. The van der Waals surface area contributed by atoms with E-state index in [2.05, 4.69) is 25.3 Å². The summed E-state index contributed by atoms with van der Waals surface area (Å²) in [5.74, 6) is 1.16. The summed E-state index contributed by atoms with van der Waals surface area (Å²) in [4.78, 5) is 16.1. The standard InChI is InChI=1S/C14H16F2N6/c1-7(8-5-6-8)18-14-21-12(20-13(17)22-14)10-4-2-3-9(19-10)11(15)16/h2-4,7-8,11H,5-6H2,1H3,(H3,17,18,20,21,22). The lowest BCUT2D eigenvalue weighted by Crippen LogP contribution is -2.20. The second-order valence-corrected chi connectivity index (χ2v) is 5.36. The minimum Gasteiger partial charge on any atom is -0.368 e. The molecular formula is C14H16F2N6. The van der Waals surface area contributed by atoms with E-state index in [1.807, 2.05) is 6.92 Å². The third-order valence-corrected chi connectivity index (χ3v) is 3.56. The average Bonchev–Trinajstić information content (AvgIpc) is 3.31. The van der Waals surface area contributed by atoms with Crippen LogP contribution in [0.1, 0.15) is 31.9 Å². The molecule has 0 bridgehead atoms. The Morgan fingerprint density at radius 3 is 2.64 bits per heavy atom. The van der Waals surface area contributed by atoms with Crippen molar-refractivity contribution >= 4 is 11.9 Å². The summed E-state index contributed by atoms with van der Waals surface area (Å²) in [7, 11) is 0. The van der Waals surface area contributed by atoms with E-state index in [1.54, 1.807) is 6.07 Å². The second kappa shape index (κ2) is 5.78. The molecule has 3 N–H and O–H groups in total. The molecular weight excluding hydrogens is 290 g/mol. The number of pyridine rings is 1. The van der Waals surface area contributed by atoms with Gasteiger partial charge in [-0.15, -0.1) is 0 Å². The van der Waals surface area contributed by atoms with Gasteiger partial charge in [-0.25, -0.2) is 13.8 Å². The first-order valence-electron chi connectivity index (χ1n) is 7.06. The van der Waals surface area contributed by atoms with Gasteiger partial charge in [0.2, 0.25) is 11.9 Å². The van der Waals surface area contributed by atoms with Crippen LogP contribution in [0.4, 0.5) is 20.7 Å². The predicted molar refractivity (Wildman–Crippen MR) is 78.2 cm³/mol. The normalized spacial score (nSPS) is 15.8. The van der Waals surface area contributed by atoms with Gasteiger partial charge in [-0.2, -0.15) is 15.0 Å². The zero-order valence-electron chi connectivity index (χ0n) is 12.0. The zero-order valence-corrected chi connectivity index (χ0v) is 12.0. The number of halogens is 2. The molecule has 1 fully saturated rings. The first-order valence-corrected chi connectivity index (χ1v) is 7.06. The molecule has 0 amide bonds. The van der Waals surface area contributed by atoms with Gasteiger partial charge in [-0.3, -0.25) is 0 Å². The number of nitrogens with zero attached hydrogens (tertiary/aromatic N) is 4. The maximum Gasteiger partial charge on any atom is 0.280 e. The number of nitrogens with one attached hydrogen (secondary N) is 1. The Labute approximate surface area is 126 Å². The van der Waals surface area contributed by atoms with E-state index in [0.29, 0.717) is 11.9 Å². The van der Waals surface area contributed by atoms with Gasteiger partial charge in [0.1, 0.15) is 11.4 Å². The smallest absolute Gasteiger partial charge is 0.280 e. The number of anilines is 2. The molecule has 2 heterocycles. The van der Waals surface area contributed by atoms with Crippen LogP contribution in [-0.4, -0.2) is 26.0 Å². The van der Waals surface area contributed by atoms with Gasteiger partial charge in [0.05, 0.1) is 0 Å². The number of alkyl halides is 2. The second-order valence-electron chi connectivity index (χ2n) is 5.36. The lowest BCUT2D eigenvalue weighted by atomic mass is 10.2. The van der Waals surface area contributed by atoms with E-state index in [4.69, 9.17) is 5.73 Å². The molecule has 116 valence electrons. The number of nitrogens with two attached hydrogens (primary N) is 1. The molecule has 1 unspecified atom stereocenters. The topological polar surface area (TPSA) is 89.6 Å². The van der Waals surface area contributed by atoms with Gasteiger partial charge in [-0.1, -0.05) is 6.07 Å². The molecule has 1 saturated carbocycles. The van der Waals surface area contributed by atoms with Gasteiger partial charge < -0.3 is 11.1 Å². The Hall–Kier alpha value is -2.38. The van der Waals surface area contributed by atoms with Crippen molar-refractivity contribution in [1.29, 1.82) is 0 Å². The van der Waals surface area contributed by atoms with Crippen molar-refractivity contribution in [3.63, 3.8) is 0 Å². The van der Waals surface area contributed by atoms with Crippen molar-refractivity contribution in [3.8, 4) is 11.5 Å². The Kier molecular flexibility index (Phi) is 3.82. The maximum absolute atomic E-state index is 12.7. The van der Waals surface area contributed by atoms with Crippen LogP contribution >= 0.6 is 0 Å². The fourth-order valence-corrected chi connectivity index (χ4v) is 2.19. The zero-order chi connectivity index (χ0) is 15.7. The molecule has 0 aromatic carbocycles. The summed E-state index contributed by atoms with van der Waals surface area (Å²) in [6.45, 7) is 2.05. The Bertz CT molecular complexity index is 674. The fraction of sp³-hybridized carbons (Fsp3) is 0.429. The minimum atomic E-state index is -2.65. The molecule has 0 saturated heterocycles. The number of aromatic nitrogens is 4. The number of rotatable bonds is 5. The highest BCUT2D eigenvalue weighted by Crippen LogP contribution is 2.33. The van der Waals surface area contributed by atoms with E-state index in [9.17, 15) is 8.78 Å². The van der Waals surface area contributed by atoms with Crippen LogP contribution in [-0.2, 0) is 0 Å². The summed E-state index contributed by atoms with van der Waals surface area (Å²) < 4.78 is 25.5. The summed E-state index contributed by atoms with van der Waals surface area (Å²) >= 11 is 0. The lowest BCUT2D eigenvalue weighted by molar-refractivity contribution is 0.146. The van der Waals surface area contributed by atoms with Crippen molar-refractivity contribution in [1.82, 2.24) is 19.9 Å². The third kappa shape index (κ3) is 3.26. The van der Waals surface area contributed by atoms with Gasteiger partial charge in [0.25, 0.3) is 6.43 Å². The molecule has 0 spiro atoms. The molecule has 1 atom stereocenters. The molecule has 2 aromatic rings. The van der Waals surface area contributed by atoms with Crippen LogP contribution in [0.15, 0.2) is 18.2 Å². The monoisotopic (exact) mass is 306 g/mol. The highest BCUT2D eigenvalue weighted by molar-refractivity contribution is 5.53. The van der Waals surface area contributed by atoms with Gasteiger partial charge in [-0.05, 0) is 37.8 Å². The predicted octanol–water partition coefficient (Wildman–Crippen LogP) is 2.66. The SMILES string of the molecule is CC(Nc1nc(N)nc(-c2cccc(C(F)F)n2)n1)C1CC1. The fourth-order valence-electron chi connectivity index (χ4n) is 2.19. The molecule has 8 heteroatoms. The number of hydrogen-bond donors (Lipinski definition) is 2. The van der Waals surface area contributed by atoms with Gasteiger partial charge in [0, 0.05) is 6.04 Å². The van der Waals surface area contributed by atoms with Crippen molar-refractivity contribution in [3.05, 3.63) is 23.9 Å². The summed E-state index contributed by atoms with van der Waals surface area (Å²) in [6, 6.07) is 4.54. The lowest BCUT2D eigenvalue weighted by Gasteiger charge is -2.13. The van der Waals surface area contributed by atoms with E-state index < -0.39 is 6.43 Å². The maximum atomic E-state index is 12.7. The molecule has 0 radical (unpaired) electrons. The highest BCUT2D eigenvalue weighted by Gasteiger charge is 2.28. The van der Waals surface area contributed by atoms with Crippen LogP contribution in [0.3, 0.4) is 0 Å². The number of nitrogen functional groups attached to an aromatic ring is 1. The molecule has 2 aromatic heterocycles. The first-order chi connectivity index (χ1) is 10.5. The first kappa shape index (κ1) is 14.6. The van der Waals surface area contributed by atoms with Crippen LogP contribution in [0.2, 0.25) is 0 Å². The molecule has 3 rings (SSSR count). The molecule has 6 nitrogen and oxygen atoms in total. The summed E-state index contributed by atoms with van der Waals surface area (Å²) in [6.07, 6.45) is -0.286. The molecule has 1 aliphatic carbocycles. The quantitative estimate of drug-likeness (QED) is 0.882. The van der Waals surface area contributed by atoms with Crippen molar-refractivity contribution in [2.75, 3.05) is 11.1 Å². The number of hydrogen-bond acceptors (Lipinski definition) is 6.